The van der Waals surface area contributed by atoms with Crippen LogP contribution in [0.15, 0.2) is 48.5 Å². The van der Waals surface area contributed by atoms with E-state index >= 15 is 0 Å². The van der Waals surface area contributed by atoms with Crippen molar-refractivity contribution < 1.29 is 9.84 Å². The van der Waals surface area contributed by atoms with Gasteiger partial charge in [-0.1, -0.05) is 37.3 Å². The van der Waals surface area contributed by atoms with E-state index in [0.29, 0.717) is 12.4 Å². The normalized spacial score (nSPS) is 11.7. The molecule has 0 heterocycles. The monoisotopic (exact) mass is 311 g/mol. The zero-order valence-electron chi connectivity index (χ0n) is 14.1. The van der Waals surface area contributed by atoms with Crippen molar-refractivity contribution in [2.24, 2.45) is 0 Å². The average Bonchev–Trinajstić information content (AvgIpc) is 2.54. The van der Waals surface area contributed by atoms with Gasteiger partial charge in [-0.25, -0.2) is 0 Å². The maximum absolute atomic E-state index is 9.40. The Kier molecular flexibility index (Phi) is 6.24. The molecule has 0 aliphatic heterocycles. The summed E-state index contributed by atoms with van der Waals surface area (Å²) in [4.78, 5) is 2.10. The van der Waals surface area contributed by atoms with Crippen LogP contribution in [0, 0.1) is 0 Å². The third-order valence-electron chi connectivity index (χ3n) is 3.65. The van der Waals surface area contributed by atoms with Crippen LogP contribution in [0.4, 0.5) is 0 Å². The van der Waals surface area contributed by atoms with Crippen molar-refractivity contribution in [1.82, 2.24) is 4.90 Å². The van der Waals surface area contributed by atoms with E-state index in [1.165, 1.54) is 5.57 Å². The van der Waals surface area contributed by atoms with Crippen molar-refractivity contribution >= 4 is 11.6 Å². The van der Waals surface area contributed by atoms with Gasteiger partial charge in [-0.2, -0.15) is 0 Å². The van der Waals surface area contributed by atoms with E-state index in [0.717, 1.165) is 29.8 Å². The fourth-order valence-corrected chi connectivity index (χ4v) is 2.27. The molecule has 0 unspecified atom stereocenters. The molecule has 3 nitrogen and oxygen atoms in total. The number of nitrogens with zero attached hydrogens (tertiary/aromatic N) is 1. The topological polar surface area (TPSA) is 32.7 Å². The van der Waals surface area contributed by atoms with Crippen LogP contribution in [-0.2, 0) is 0 Å². The van der Waals surface area contributed by atoms with Crippen molar-refractivity contribution in [2.45, 2.75) is 13.3 Å². The number of aromatic hydroxyl groups is 1. The maximum Gasteiger partial charge on any atom is 0.119 e. The summed E-state index contributed by atoms with van der Waals surface area (Å²) in [5.41, 5.74) is 3.53. The summed E-state index contributed by atoms with van der Waals surface area (Å²) in [6.07, 6.45) is 3.11. The van der Waals surface area contributed by atoms with E-state index in [4.69, 9.17) is 4.74 Å². The van der Waals surface area contributed by atoms with Gasteiger partial charge in [0.05, 0.1) is 0 Å². The fraction of sp³-hybridized carbons (Fsp3) is 0.300. The van der Waals surface area contributed by atoms with Gasteiger partial charge in [0, 0.05) is 6.54 Å². The Hall–Kier alpha value is -2.26. The lowest BCUT2D eigenvalue weighted by molar-refractivity contribution is 0.261. The SMILES string of the molecule is CC/C(=C/c1ccc(OCCN(C)C)cc1)c1ccc(O)cc1. The molecule has 0 saturated heterocycles. The smallest absolute Gasteiger partial charge is 0.119 e. The second-order valence-corrected chi connectivity index (χ2v) is 5.79. The summed E-state index contributed by atoms with van der Waals surface area (Å²) in [6.45, 7) is 3.73. The molecule has 0 radical (unpaired) electrons. The van der Waals surface area contributed by atoms with Crippen LogP contribution in [0.3, 0.4) is 0 Å². The van der Waals surface area contributed by atoms with Gasteiger partial charge in [-0.3, -0.25) is 0 Å². The van der Waals surface area contributed by atoms with Crippen LogP contribution in [0.5, 0.6) is 11.5 Å². The van der Waals surface area contributed by atoms with Crippen molar-refractivity contribution in [3.63, 3.8) is 0 Å². The molecule has 3 heteroatoms. The number of allylic oxidation sites excluding steroid dienone is 1. The van der Waals surface area contributed by atoms with E-state index in [9.17, 15) is 5.11 Å². The molecule has 0 aliphatic rings. The van der Waals surface area contributed by atoms with Crippen molar-refractivity contribution in [3.05, 3.63) is 59.7 Å². The number of hydrogen-bond donors (Lipinski definition) is 1. The molecule has 122 valence electrons. The van der Waals surface area contributed by atoms with Crippen molar-refractivity contribution in [2.75, 3.05) is 27.2 Å². The summed E-state index contributed by atoms with van der Waals surface area (Å²) in [5.74, 6) is 1.19. The Morgan fingerprint density at radius 1 is 1.04 bits per heavy atom. The first kappa shape index (κ1) is 17.1. The molecule has 2 aromatic rings. The molecule has 0 saturated carbocycles. The van der Waals surface area contributed by atoms with Crippen molar-refractivity contribution in [3.8, 4) is 11.5 Å². The van der Waals surface area contributed by atoms with Gasteiger partial charge in [-0.05, 0) is 61.5 Å². The molecular weight excluding hydrogens is 286 g/mol. The summed E-state index contributed by atoms with van der Waals surface area (Å²) < 4.78 is 5.71. The van der Waals surface area contributed by atoms with Crippen molar-refractivity contribution in [1.29, 1.82) is 0 Å². The summed E-state index contributed by atoms with van der Waals surface area (Å²) >= 11 is 0. The zero-order valence-corrected chi connectivity index (χ0v) is 14.1. The largest absolute Gasteiger partial charge is 0.508 e. The van der Waals surface area contributed by atoms with Gasteiger partial charge in [0.15, 0.2) is 0 Å². The molecule has 23 heavy (non-hydrogen) atoms. The minimum Gasteiger partial charge on any atom is -0.508 e. The third kappa shape index (κ3) is 5.46. The first-order valence-corrected chi connectivity index (χ1v) is 7.96. The first-order chi connectivity index (χ1) is 11.1. The standard InChI is InChI=1S/C20H25NO2/c1-4-17(18-7-9-19(22)10-8-18)15-16-5-11-20(12-6-16)23-14-13-21(2)3/h5-12,15,22H,4,13-14H2,1-3H3/b17-15-. The minimum atomic E-state index is 0.295. The molecule has 0 spiro atoms. The number of phenols is 1. The molecule has 0 aliphatic carbocycles. The average molecular weight is 311 g/mol. The predicted molar refractivity (Wildman–Crippen MR) is 96.8 cm³/mol. The van der Waals surface area contributed by atoms with Crippen LogP contribution >= 0.6 is 0 Å². The number of likely N-dealkylation sites (N-methyl/N-ethyl adjacent to an activating group) is 1. The lowest BCUT2D eigenvalue weighted by atomic mass is 10.0. The van der Waals surface area contributed by atoms with Gasteiger partial charge < -0.3 is 14.7 Å². The molecule has 2 rings (SSSR count). The van der Waals surface area contributed by atoms with Gasteiger partial charge in [0.1, 0.15) is 18.1 Å². The second-order valence-electron chi connectivity index (χ2n) is 5.79. The molecule has 0 bridgehead atoms. The predicted octanol–water partition coefficient (Wildman–Crippen LogP) is 4.28. The summed E-state index contributed by atoms with van der Waals surface area (Å²) in [6, 6.07) is 15.5. The second kappa shape index (κ2) is 8.39. The number of rotatable bonds is 7. The molecule has 2 aromatic carbocycles. The Balaban J connectivity index is 2.06. The molecule has 0 aromatic heterocycles. The van der Waals surface area contributed by atoms with E-state index < -0.39 is 0 Å². The highest BCUT2D eigenvalue weighted by atomic mass is 16.5. The lowest BCUT2D eigenvalue weighted by Gasteiger charge is -2.11. The Labute approximate surface area is 138 Å². The quantitative estimate of drug-likeness (QED) is 0.775. The Morgan fingerprint density at radius 2 is 1.70 bits per heavy atom. The van der Waals surface area contributed by atoms with Crippen LogP contribution in [-0.4, -0.2) is 37.3 Å². The van der Waals surface area contributed by atoms with Crippen LogP contribution < -0.4 is 4.74 Å². The molecule has 0 fully saturated rings. The molecule has 0 atom stereocenters. The van der Waals surface area contributed by atoms with Crippen LogP contribution in [0.25, 0.3) is 11.6 Å². The lowest BCUT2D eigenvalue weighted by Crippen LogP contribution is -2.19. The molecule has 1 N–H and O–H groups in total. The van der Waals surface area contributed by atoms with Gasteiger partial charge in [-0.15, -0.1) is 0 Å². The van der Waals surface area contributed by atoms with Crippen LogP contribution in [0.1, 0.15) is 24.5 Å². The van der Waals surface area contributed by atoms with Crippen LogP contribution in [0.2, 0.25) is 0 Å². The van der Waals surface area contributed by atoms with E-state index in [1.54, 1.807) is 12.1 Å². The van der Waals surface area contributed by atoms with E-state index in [1.807, 2.05) is 38.4 Å². The first-order valence-electron chi connectivity index (χ1n) is 7.96. The van der Waals surface area contributed by atoms with Gasteiger partial charge in [0.25, 0.3) is 0 Å². The maximum atomic E-state index is 9.40. The Morgan fingerprint density at radius 3 is 2.26 bits per heavy atom. The fourth-order valence-electron chi connectivity index (χ4n) is 2.27. The Bertz CT molecular complexity index is 628. The van der Waals surface area contributed by atoms with Gasteiger partial charge in [0.2, 0.25) is 0 Å². The number of phenolic OH excluding ortho intramolecular Hbond substituents is 1. The number of hydrogen-bond acceptors (Lipinski definition) is 3. The number of ether oxygens (including phenoxy) is 1. The summed E-state index contributed by atoms with van der Waals surface area (Å²) in [5, 5.41) is 9.40. The van der Waals surface area contributed by atoms with Gasteiger partial charge >= 0.3 is 0 Å². The zero-order chi connectivity index (χ0) is 16.7. The molecular formula is C20H25NO2. The highest BCUT2D eigenvalue weighted by molar-refractivity contribution is 5.81. The number of benzene rings is 2. The summed E-state index contributed by atoms with van der Waals surface area (Å²) in [7, 11) is 4.07. The third-order valence-corrected chi connectivity index (χ3v) is 3.65. The molecule has 0 amide bonds. The minimum absolute atomic E-state index is 0.295. The highest BCUT2D eigenvalue weighted by Crippen LogP contribution is 2.24. The van der Waals surface area contributed by atoms with E-state index in [2.05, 4.69) is 30.0 Å². The van der Waals surface area contributed by atoms with E-state index in [-0.39, 0.29) is 0 Å². The highest BCUT2D eigenvalue weighted by Gasteiger charge is 2.01.